The van der Waals surface area contributed by atoms with E-state index in [0.717, 1.165) is 9.79 Å². The maximum absolute atomic E-state index is 13.0. The Kier molecular flexibility index (Phi) is 6.92. The number of amides is 1. The minimum Gasteiger partial charge on any atom is -0.378 e. The van der Waals surface area contributed by atoms with Crippen LogP contribution < -0.4 is 4.72 Å². The molecule has 0 aliphatic carbocycles. The van der Waals surface area contributed by atoms with Crippen LogP contribution in [0.1, 0.15) is 10.4 Å². The molecule has 1 amide bonds. The Morgan fingerprint density at radius 2 is 1.71 bits per heavy atom. The van der Waals surface area contributed by atoms with Crippen molar-refractivity contribution < 1.29 is 17.9 Å². The average molecular weight is 439 g/mol. The van der Waals surface area contributed by atoms with E-state index in [-0.39, 0.29) is 10.8 Å². The molecule has 1 fully saturated rings. The molecule has 0 unspecified atom stereocenters. The summed E-state index contributed by atoms with van der Waals surface area (Å²) in [7, 11) is -3.83. The molecule has 0 aromatic heterocycles. The summed E-state index contributed by atoms with van der Waals surface area (Å²) in [5.74, 6) is -0.172. The van der Waals surface area contributed by atoms with E-state index in [1.54, 1.807) is 23.1 Å². The molecule has 1 aliphatic rings. The summed E-state index contributed by atoms with van der Waals surface area (Å²) in [6, 6.07) is 11.9. The van der Waals surface area contributed by atoms with Crippen molar-refractivity contribution in [3.8, 4) is 0 Å². The SMILES string of the molecule is CSc1ccccc1NS(=O)(=O)c1ccc(SC)c(C(=O)N2CCOCC2)c1. The number of rotatable bonds is 6. The standard InChI is InChI=1S/C19H22N2O4S3/c1-26-17-8-7-14(13-15(17)19(22)21-9-11-25-12-10-21)28(23,24)20-16-5-3-4-6-18(16)27-2/h3-8,13,20H,9-12H2,1-2H3. The van der Waals surface area contributed by atoms with Gasteiger partial charge in [-0.1, -0.05) is 12.1 Å². The van der Waals surface area contributed by atoms with Crippen LogP contribution in [0.5, 0.6) is 0 Å². The molecule has 3 rings (SSSR count). The molecule has 0 bridgehead atoms. The van der Waals surface area contributed by atoms with Gasteiger partial charge in [-0.3, -0.25) is 9.52 Å². The molecule has 6 nitrogen and oxygen atoms in total. The Balaban J connectivity index is 1.94. The van der Waals surface area contributed by atoms with Crippen LogP contribution in [0.2, 0.25) is 0 Å². The number of para-hydroxylation sites is 1. The van der Waals surface area contributed by atoms with Crippen molar-refractivity contribution in [2.45, 2.75) is 14.7 Å². The number of anilines is 1. The molecule has 2 aromatic rings. The van der Waals surface area contributed by atoms with Crippen molar-refractivity contribution in [1.82, 2.24) is 4.90 Å². The van der Waals surface area contributed by atoms with E-state index in [4.69, 9.17) is 4.74 Å². The third-order valence-corrected chi connectivity index (χ3v) is 7.32. The van der Waals surface area contributed by atoms with Gasteiger partial charge in [-0.25, -0.2) is 8.42 Å². The maximum Gasteiger partial charge on any atom is 0.261 e. The minimum atomic E-state index is -3.83. The molecule has 1 aliphatic heterocycles. The van der Waals surface area contributed by atoms with Gasteiger partial charge in [0.15, 0.2) is 0 Å². The summed E-state index contributed by atoms with van der Waals surface area (Å²) in [4.78, 5) is 16.3. The van der Waals surface area contributed by atoms with Crippen molar-refractivity contribution in [2.24, 2.45) is 0 Å². The van der Waals surface area contributed by atoms with E-state index < -0.39 is 10.0 Å². The fraction of sp³-hybridized carbons (Fsp3) is 0.316. The van der Waals surface area contributed by atoms with Crippen LogP contribution in [0.15, 0.2) is 57.2 Å². The van der Waals surface area contributed by atoms with Crippen molar-refractivity contribution in [3.63, 3.8) is 0 Å². The van der Waals surface area contributed by atoms with Gasteiger partial charge in [-0.2, -0.15) is 0 Å². The molecule has 2 aromatic carbocycles. The first-order chi connectivity index (χ1) is 13.5. The lowest BCUT2D eigenvalue weighted by Gasteiger charge is -2.27. The van der Waals surface area contributed by atoms with Crippen LogP contribution in [0.3, 0.4) is 0 Å². The number of hydrogen-bond donors (Lipinski definition) is 1. The second-order valence-corrected chi connectivity index (χ2v) is 9.45. The van der Waals surface area contributed by atoms with Crippen LogP contribution in [0.25, 0.3) is 0 Å². The number of hydrogen-bond acceptors (Lipinski definition) is 6. The molecule has 150 valence electrons. The summed E-state index contributed by atoms with van der Waals surface area (Å²) < 4.78 is 33.8. The smallest absolute Gasteiger partial charge is 0.261 e. The summed E-state index contributed by atoms with van der Waals surface area (Å²) in [5.41, 5.74) is 0.917. The van der Waals surface area contributed by atoms with E-state index in [2.05, 4.69) is 4.72 Å². The van der Waals surface area contributed by atoms with E-state index in [9.17, 15) is 13.2 Å². The lowest BCUT2D eigenvalue weighted by Crippen LogP contribution is -2.41. The van der Waals surface area contributed by atoms with Crippen LogP contribution in [0, 0.1) is 0 Å². The third kappa shape index (κ3) is 4.65. The quantitative estimate of drug-likeness (QED) is 0.697. The van der Waals surface area contributed by atoms with Crippen molar-refractivity contribution in [2.75, 3.05) is 43.5 Å². The van der Waals surface area contributed by atoms with Gasteiger partial charge in [0.05, 0.1) is 29.4 Å². The third-order valence-electron chi connectivity index (χ3n) is 4.36. The summed E-state index contributed by atoms with van der Waals surface area (Å²) in [5, 5.41) is 0. The normalized spacial score (nSPS) is 14.7. The second kappa shape index (κ2) is 9.21. The summed E-state index contributed by atoms with van der Waals surface area (Å²) in [6.45, 7) is 1.99. The van der Waals surface area contributed by atoms with E-state index >= 15 is 0 Å². The Hall–Kier alpha value is -1.68. The summed E-state index contributed by atoms with van der Waals surface area (Å²) >= 11 is 2.88. The molecular formula is C19H22N2O4S3. The van der Waals surface area contributed by atoms with E-state index in [1.165, 1.54) is 35.7 Å². The number of benzene rings is 2. The van der Waals surface area contributed by atoms with Gasteiger partial charge in [0, 0.05) is 22.9 Å². The molecule has 0 radical (unpaired) electrons. The fourth-order valence-corrected chi connectivity index (χ4v) is 5.18. The van der Waals surface area contributed by atoms with Crippen LogP contribution >= 0.6 is 23.5 Å². The predicted molar refractivity (Wildman–Crippen MR) is 114 cm³/mol. The monoisotopic (exact) mass is 438 g/mol. The number of nitrogens with zero attached hydrogens (tertiary/aromatic N) is 1. The van der Waals surface area contributed by atoms with Crippen molar-refractivity contribution >= 4 is 45.1 Å². The number of morpholine rings is 1. The molecular weight excluding hydrogens is 416 g/mol. The topological polar surface area (TPSA) is 75.7 Å². The van der Waals surface area contributed by atoms with Gasteiger partial charge in [0.1, 0.15) is 0 Å². The maximum atomic E-state index is 13.0. The predicted octanol–water partition coefficient (Wildman–Crippen LogP) is 3.40. The Labute approximate surface area is 174 Å². The van der Waals surface area contributed by atoms with Crippen LogP contribution in [-0.4, -0.2) is 58.0 Å². The average Bonchev–Trinajstić information content (AvgIpc) is 2.73. The summed E-state index contributed by atoms with van der Waals surface area (Å²) in [6.07, 6.45) is 3.76. The molecule has 1 N–H and O–H groups in total. The molecule has 0 spiro atoms. The van der Waals surface area contributed by atoms with Gasteiger partial charge >= 0.3 is 0 Å². The van der Waals surface area contributed by atoms with Gasteiger partial charge in [-0.05, 0) is 42.8 Å². The van der Waals surface area contributed by atoms with Crippen LogP contribution in [-0.2, 0) is 14.8 Å². The van der Waals surface area contributed by atoms with Gasteiger partial charge < -0.3 is 9.64 Å². The Morgan fingerprint density at radius 3 is 2.39 bits per heavy atom. The zero-order valence-corrected chi connectivity index (χ0v) is 18.1. The lowest BCUT2D eigenvalue weighted by atomic mass is 10.2. The van der Waals surface area contributed by atoms with Crippen molar-refractivity contribution in [1.29, 1.82) is 0 Å². The molecule has 1 heterocycles. The highest BCUT2D eigenvalue weighted by molar-refractivity contribution is 7.99. The minimum absolute atomic E-state index is 0.0674. The largest absolute Gasteiger partial charge is 0.378 e. The Bertz CT molecular complexity index is 957. The molecule has 0 saturated carbocycles. The highest BCUT2D eigenvalue weighted by Crippen LogP contribution is 2.29. The number of carbonyl (C=O) groups is 1. The zero-order chi connectivity index (χ0) is 20.1. The molecule has 28 heavy (non-hydrogen) atoms. The number of ether oxygens (including phenoxy) is 1. The molecule has 1 saturated heterocycles. The van der Waals surface area contributed by atoms with Crippen molar-refractivity contribution in [3.05, 3.63) is 48.0 Å². The highest BCUT2D eigenvalue weighted by atomic mass is 32.2. The lowest BCUT2D eigenvalue weighted by molar-refractivity contribution is 0.0300. The number of carbonyl (C=O) groups excluding carboxylic acids is 1. The van der Waals surface area contributed by atoms with Gasteiger partial charge in [-0.15, -0.1) is 23.5 Å². The second-order valence-electron chi connectivity index (χ2n) is 6.07. The van der Waals surface area contributed by atoms with Gasteiger partial charge in [0.2, 0.25) is 0 Å². The Morgan fingerprint density at radius 1 is 1.04 bits per heavy atom. The molecule has 0 atom stereocenters. The van der Waals surface area contributed by atoms with Gasteiger partial charge in [0.25, 0.3) is 15.9 Å². The number of nitrogens with one attached hydrogen (secondary N) is 1. The molecule has 9 heteroatoms. The van der Waals surface area contributed by atoms with Crippen LogP contribution in [0.4, 0.5) is 5.69 Å². The zero-order valence-electron chi connectivity index (χ0n) is 15.7. The van der Waals surface area contributed by atoms with E-state index in [1.807, 2.05) is 24.6 Å². The first-order valence-corrected chi connectivity index (χ1v) is 12.6. The van der Waals surface area contributed by atoms with E-state index in [0.29, 0.717) is 37.6 Å². The highest BCUT2D eigenvalue weighted by Gasteiger charge is 2.24. The fourth-order valence-electron chi connectivity index (χ4n) is 2.89. The number of sulfonamides is 1. The first-order valence-electron chi connectivity index (χ1n) is 8.67. The first kappa shape index (κ1) is 21.0. The number of thioether (sulfide) groups is 2.